The van der Waals surface area contributed by atoms with E-state index in [4.69, 9.17) is 0 Å². The van der Waals surface area contributed by atoms with Crippen LogP contribution in [0, 0.1) is 0 Å². The molecular weight excluding hydrogens is 427 g/mol. The van der Waals surface area contributed by atoms with E-state index in [1.807, 2.05) is 60.4 Å². The van der Waals surface area contributed by atoms with Crippen molar-refractivity contribution in [3.8, 4) is 0 Å². The van der Waals surface area contributed by atoms with Crippen LogP contribution in [0.15, 0.2) is 72.8 Å². The lowest BCUT2D eigenvalue weighted by Gasteiger charge is -2.38. The molecule has 0 amide bonds. The van der Waals surface area contributed by atoms with Gasteiger partial charge in [-0.3, -0.25) is 14.3 Å². The summed E-state index contributed by atoms with van der Waals surface area (Å²) >= 11 is 0. The summed E-state index contributed by atoms with van der Waals surface area (Å²) in [4.78, 5) is 17.7. The van der Waals surface area contributed by atoms with Crippen molar-refractivity contribution in [2.24, 2.45) is 0 Å². The quantitative estimate of drug-likeness (QED) is 0.402. The van der Waals surface area contributed by atoms with Crippen molar-refractivity contribution in [1.82, 2.24) is 9.47 Å². The highest BCUT2D eigenvalue weighted by Crippen LogP contribution is 2.32. The van der Waals surface area contributed by atoms with Crippen LogP contribution in [0.5, 0.6) is 0 Å². The van der Waals surface area contributed by atoms with E-state index in [0.29, 0.717) is 31.9 Å². The summed E-state index contributed by atoms with van der Waals surface area (Å²) in [6.45, 7) is 4.23. The number of halogens is 3. The number of rotatable bonds is 3. The molecule has 1 aliphatic rings. The fourth-order valence-electron chi connectivity index (χ4n) is 4.75. The zero-order valence-corrected chi connectivity index (χ0v) is 18.2. The Labute approximate surface area is 189 Å². The number of para-hydroxylation sites is 2. The van der Waals surface area contributed by atoms with Crippen LogP contribution in [-0.2, 0) is 6.18 Å². The summed E-state index contributed by atoms with van der Waals surface area (Å²) in [7, 11) is 0. The first-order valence-corrected chi connectivity index (χ1v) is 11.0. The van der Waals surface area contributed by atoms with Gasteiger partial charge in [-0.15, -0.1) is 0 Å². The molecule has 33 heavy (non-hydrogen) atoms. The van der Waals surface area contributed by atoms with E-state index in [1.54, 1.807) is 10.6 Å². The number of aromatic nitrogens is 1. The highest BCUT2D eigenvalue weighted by molar-refractivity contribution is 6.13. The Morgan fingerprint density at radius 1 is 0.818 bits per heavy atom. The van der Waals surface area contributed by atoms with Crippen LogP contribution in [-0.4, -0.2) is 47.6 Å². The Morgan fingerprint density at radius 2 is 1.39 bits per heavy atom. The maximum Gasteiger partial charge on any atom is 0.416 e. The minimum atomic E-state index is -4.36. The lowest BCUT2D eigenvalue weighted by molar-refractivity contribution is -0.137. The van der Waals surface area contributed by atoms with E-state index in [2.05, 4.69) is 4.90 Å². The Hall–Kier alpha value is -3.32. The third-order valence-corrected chi connectivity index (χ3v) is 6.56. The van der Waals surface area contributed by atoms with Crippen molar-refractivity contribution < 1.29 is 18.0 Å². The summed E-state index contributed by atoms with van der Waals surface area (Å²) < 4.78 is 41.0. The lowest BCUT2D eigenvalue weighted by atomic mass is 10.1. The molecule has 1 aliphatic heterocycles. The second-order valence-electron chi connectivity index (χ2n) is 8.46. The molecule has 1 fully saturated rings. The van der Waals surface area contributed by atoms with Crippen LogP contribution >= 0.6 is 0 Å². The van der Waals surface area contributed by atoms with Crippen LogP contribution in [0.3, 0.4) is 0 Å². The standard InChI is InChI=1S/C26H24F3N3O/c1-18(25(33)32-23-11-4-2-9-21(23)22-10-3-5-12-24(22)32)30-13-15-31(16-14-30)20-8-6-7-19(17-20)26(27,28)29/h2-12,17-18H,13-16H2,1H3. The summed E-state index contributed by atoms with van der Waals surface area (Å²) in [5.74, 6) is -0.0000752. The smallest absolute Gasteiger partial charge is 0.369 e. The topological polar surface area (TPSA) is 28.5 Å². The molecule has 4 aromatic rings. The van der Waals surface area contributed by atoms with Crippen molar-refractivity contribution >= 4 is 33.4 Å². The van der Waals surface area contributed by atoms with Gasteiger partial charge in [0.2, 0.25) is 5.91 Å². The van der Waals surface area contributed by atoms with Gasteiger partial charge in [-0.1, -0.05) is 42.5 Å². The molecule has 0 spiro atoms. The number of fused-ring (bicyclic) bond motifs is 3. The maximum absolute atomic E-state index is 13.6. The molecule has 1 saturated heterocycles. The van der Waals surface area contributed by atoms with Crippen molar-refractivity contribution in [3.63, 3.8) is 0 Å². The van der Waals surface area contributed by atoms with Gasteiger partial charge in [0.05, 0.1) is 22.6 Å². The van der Waals surface area contributed by atoms with Crippen LogP contribution in [0.25, 0.3) is 21.8 Å². The molecule has 2 heterocycles. The van der Waals surface area contributed by atoms with Crippen LogP contribution in [0.4, 0.5) is 18.9 Å². The summed E-state index contributed by atoms with van der Waals surface area (Å²) in [5, 5.41) is 2.09. The molecular formula is C26H24F3N3O. The molecule has 0 radical (unpaired) electrons. The highest BCUT2D eigenvalue weighted by Gasteiger charge is 2.32. The first-order chi connectivity index (χ1) is 15.8. The Bertz CT molecular complexity index is 1270. The molecule has 1 unspecified atom stereocenters. The summed E-state index contributed by atoms with van der Waals surface area (Å²) in [6, 6.07) is 20.9. The van der Waals surface area contributed by atoms with Gasteiger partial charge in [-0.05, 0) is 37.3 Å². The van der Waals surface area contributed by atoms with Gasteiger partial charge in [0.15, 0.2) is 0 Å². The van der Waals surface area contributed by atoms with Gasteiger partial charge >= 0.3 is 6.18 Å². The van der Waals surface area contributed by atoms with Gasteiger partial charge in [0.25, 0.3) is 0 Å². The predicted molar refractivity (Wildman–Crippen MR) is 125 cm³/mol. The molecule has 1 atom stereocenters. The van der Waals surface area contributed by atoms with Crippen molar-refractivity contribution in [1.29, 1.82) is 0 Å². The molecule has 0 aliphatic carbocycles. The normalized spacial score (nSPS) is 16.4. The van der Waals surface area contributed by atoms with Gasteiger partial charge in [-0.2, -0.15) is 13.2 Å². The van der Waals surface area contributed by atoms with Crippen LogP contribution in [0.2, 0.25) is 0 Å². The van der Waals surface area contributed by atoms with Crippen molar-refractivity contribution in [3.05, 3.63) is 78.4 Å². The number of hydrogen-bond acceptors (Lipinski definition) is 3. The first-order valence-electron chi connectivity index (χ1n) is 11.0. The van der Waals surface area contributed by atoms with E-state index < -0.39 is 11.7 Å². The number of carbonyl (C=O) groups excluding carboxylic acids is 1. The fourth-order valence-corrected chi connectivity index (χ4v) is 4.75. The molecule has 0 saturated carbocycles. The van der Waals surface area contributed by atoms with E-state index in [9.17, 15) is 18.0 Å². The first kappa shape index (κ1) is 21.5. The van der Waals surface area contributed by atoms with Crippen LogP contribution < -0.4 is 4.90 Å². The Kier molecular flexibility index (Phi) is 5.37. The highest BCUT2D eigenvalue weighted by atomic mass is 19.4. The molecule has 5 rings (SSSR count). The van der Waals surface area contributed by atoms with Crippen LogP contribution in [0.1, 0.15) is 17.3 Å². The average Bonchev–Trinajstić information content (AvgIpc) is 3.17. The van der Waals surface area contributed by atoms with E-state index >= 15 is 0 Å². The molecule has 1 aromatic heterocycles. The largest absolute Gasteiger partial charge is 0.416 e. The average molecular weight is 451 g/mol. The molecule has 0 N–H and O–H groups in total. The Morgan fingerprint density at radius 3 is 1.97 bits per heavy atom. The molecule has 170 valence electrons. The molecule has 0 bridgehead atoms. The number of carbonyl (C=O) groups is 1. The zero-order chi connectivity index (χ0) is 23.2. The monoisotopic (exact) mass is 451 g/mol. The number of piperazine rings is 1. The maximum atomic E-state index is 13.6. The predicted octanol–water partition coefficient (Wildman–Crippen LogP) is 5.66. The van der Waals surface area contributed by atoms with Gasteiger partial charge < -0.3 is 4.90 Å². The Balaban J connectivity index is 1.36. The van der Waals surface area contributed by atoms with Crippen molar-refractivity contribution in [2.75, 3.05) is 31.1 Å². The third kappa shape index (κ3) is 3.86. The minimum Gasteiger partial charge on any atom is -0.369 e. The van der Waals surface area contributed by atoms with Crippen molar-refractivity contribution in [2.45, 2.75) is 19.1 Å². The number of benzene rings is 3. The number of nitrogens with zero attached hydrogens (tertiary/aromatic N) is 3. The van der Waals surface area contributed by atoms with Gasteiger partial charge in [0.1, 0.15) is 0 Å². The fraction of sp³-hybridized carbons (Fsp3) is 0.269. The molecule has 4 nitrogen and oxygen atoms in total. The lowest BCUT2D eigenvalue weighted by Crippen LogP contribution is -2.52. The molecule has 7 heteroatoms. The SMILES string of the molecule is CC(C(=O)n1c2ccccc2c2ccccc21)N1CCN(c2cccc(C(F)(F)F)c2)CC1. The number of alkyl halides is 3. The number of hydrogen-bond donors (Lipinski definition) is 0. The second kappa shape index (κ2) is 8.23. The minimum absolute atomic E-state index is 0.0000752. The van der Waals surface area contributed by atoms with Gasteiger partial charge in [-0.25, -0.2) is 0 Å². The molecule has 3 aromatic carbocycles. The second-order valence-corrected chi connectivity index (χ2v) is 8.46. The third-order valence-electron chi connectivity index (χ3n) is 6.56. The van der Waals surface area contributed by atoms with E-state index in [0.717, 1.165) is 27.9 Å². The number of anilines is 1. The summed E-state index contributed by atoms with van der Waals surface area (Å²) in [6.07, 6.45) is -4.36. The van der Waals surface area contributed by atoms with Gasteiger partial charge in [0, 0.05) is 42.6 Å². The summed E-state index contributed by atoms with van der Waals surface area (Å²) in [5.41, 5.74) is 1.69. The zero-order valence-electron chi connectivity index (χ0n) is 18.2. The van der Waals surface area contributed by atoms with E-state index in [1.165, 1.54) is 12.1 Å². The van der Waals surface area contributed by atoms with E-state index in [-0.39, 0.29) is 11.9 Å².